The van der Waals surface area contributed by atoms with Crippen LogP contribution in [0, 0.1) is 5.41 Å². The second-order valence-corrected chi connectivity index (χ2v) is 9.50. The number of amides is 1. The third-order valence-corrected chi connectivity index (χ3v) is 7.46. The van der Waals surface area contributed by atoms with Crippen molar-refractivity contribution in [1.82, 2.24) is 9.80 Å². The molecule has 2 aliphatic rings. The number of likely N-dealkylation sites (tertiary alicyclic amines) is 2. The van der Waals surface area contributed by atoms with Gasteiger partial charge in [-0.25, -0.2) is 0 Å². The number of nitrogens with one attached hydrogen (secondary N) is 1. The standard InChI is InChI=1S/C26H29N3O4S/c1-31-20-7-4-6-19(16-20)27-25(34)28-12-9-26(10-13-28)11-14-29(17-26)24(30)22-15-18-5-3-8-21(32-2)23(18)33-22/h3-8,15-16H,9-14,17H2,1-2H3,(H,27,34). The maximum absolute atomic E-state index is 13.2. The number of methoxy groups -OCH3 is 2. The first-order valence-corrected chi connectivity index (χ1v) is 12.0. The van der Waals surface area contributed by atoms with E-state index < -0.39 is 0 Å². The number of carbonyl (C=O) groups excluding carboxylic acids is 1. The molecule has 3 heterocycles. The summed E-state index contributed by atoms with van der Waals surface area (Å²) >= 11 is 5.67. The third-order valence-electron chi connectivity index (χ3n) is 7.10. The van der Waals surface area contributed by atoms with Crippen molar-refractivity contribution in [2.24, 2.45) is 5.41 Å². The number of thiocarbonyl (C=S) groups is 1. The number of rotatable bonds is 4. The molecule has 2 aliphatic heterocycles. The van der Waals surface area contributed by atoms with Crippen LogP contribution in [0.3, 0.4) is 0 Å². The highest BCUT2D eigenvalue weighted by atomic mass is 32.1. The largest absolute Gasteiger partial charge is 0.497 e. The van der Waals surface area contributed by atoms with Crippen LogP contribution >= 0.6 is 12.2 Å². The number of nitrogens with zero attached hydrogens (tertiary/aromatic N) is 2. The molecule has 2 aromatic carbocycles. The molecule has 0 saturated carbocycles. The van der Waals surface area contributed by atoms with Gasteiger partial charge < -0.3 is 29.0 Å². The Morgan fingerprint density at radius 3 is 2.47 bits per heavy atom. The highest BCUT2D eigenvalue weighted by Gasteiger charge is 2.43. The number of hydrogen-bond acceptors (Lipinski definition) is 5. The summed E-state index contributed by atoms with van der Waals surface area (Å²) in [6.45, 7) is 3.25. The Bertz CT molecular complexity index is 1220. The molecule has 0 unspecified atom stereocenters. The molecule has 1 spiro atoms. The highest BCUT2D eigenvalue weighted by Crippen LogP contribution is 2.41. The van der Waals surface area contributed by atoms with Crippen LogP contribution in [-0.4, -0.2) is 61.2 Å². The van der Waals surface area contributed by atoms with Crippen LogP contribution in [0.4, 0.5) is 5.69 Å². The van der Waals surface area contributed by atoms with E-state index in [-0.39, 0.29) is 11.3 Å². The monoisotopic (exact) mass is 479 g/mol. The van der Waals surface area contributed by atoms with Crippen molar-refractivity contribution in [3.05, 3.63) is 54.3 Å². The second kappa shape index (κ2) is 9.18. The quantitative estimate of drug-likeness (QED) is 0.541. The smallest absolute Gasteiger partial charge is 0.289 e. The predicted octanol–water partition coefficient (Wildman–Crippen LogP) is 4.78. The van der Waals surface area contributed by atoms with Gasteiger partial charge in [-0.15, -0.1) is 0 Å². The van der Waals surface area contributed by atoms with Crippen LogP contribution in [0.2, 0.25) is 0 Å². The Hall–Kier alpha value is -3.26. The van der Waals surface area contributed by atoms with Crippen molar-refractivity contribution in [3.8, 4) is 11.5 Å². The van der Waals surface area contributed by atoms with E-state index in [0.29, 0.717) is 17.1 Å². The van der Waals surface area contributed by atoms with Gasteiger partial charge in [0.25, 0.3) is 5.91 Å². The van der Waals surface area contributed by atoms with E-state index in [2.05, 4.69) is 10.2 Å². The number of para-hydroxylation sites is 1. The Balaban J connectivity index is 1.20. The zero-order chi connectivity index (χ0) is 23.7. The van der Waals surface area contributed by atoms with Gasteiger partial charge in [-0.2, -0.15) is 0 Å². The average Bonchev–Trinajstić information content (AvgIpc) is 3.49. The first-order chi connectivity index (χ1) is 16.5. The topological polar surface area (TPSA) is 67.2 Å². The van der Waals surface area contributed by atoms with Crippen LogP contribution in [0.1, 0.15) is 29.8 Å². The molecule has 2 saturated heterocycles. The summed E-state index contributed by atoms with van der Waals surface area (Å²) in [5, 5.41) is 4.93. The van der Waals surface area contributed by atoms with Gasteiger partial charge in [-0.3, -0.25) is 4.79 Å². The maximum Gasteiger partial charge on any atom is 0.289 e. The molecule has 1 amide bonds. The fourth-order valence-corrected chi connectivity index (χ4v) is 5.36. The fourth-order valence-electron chi connectivity index (χ4n) is 5.06. The highest BCUT2D eigenvalue weighted by molar-refractivity contribution is 7.80. The molecule has 34 heavy (non-hydrogen) atoms. The molecule has 178 valence electrons. The van der Waals surface area contributed by atoms with E-state index in [1.807, 2.05) is 53.4 Å². The first kappa shape index (κ1) is 22.5. The number of benzene rings is 2. The van der Waals surface area contributed by atoms with Crippen molar-refractivity contribution in [1.29, 1.82) is 0 Å². The van der Waals surface area contributed by atoms with E-state index in [0.717, 1.165) is 67.4 Å². The fraction of sp³-hybridized carbons (Fsp3) is 0.385. The number of furan rings is 1. The molecule has 3 aromatic rings. The number of hydrogen-bond donors (Lipinski definition) is 1. The lowest BCUT2D eigenvalue weighted by Crippen LogP contribution is -2.46. The molecule has 1 aromatic heterocycles. The normalized spacial score (nSPS) is 17.2. The Morgan fingerprint density at radius 2 is 1.74 bits per heavy atom. The van der Waals surface area contributed by atoms with Crippen LogP contribution in [0.25, 0.3) is 11.0 Å². The number of piperidine rings is 1. The molecule has 8 heteroatoms. The van der Waals surface area contributed by atoms with Gasteiger partial charge in [0.2, 0.25) is 0 Å². The molecular formula is C26H29N3O4S. The number of ether oxygens (including phenoxy) is 2. The minimum atomic E-state index is -0.0484. The van der Waals surface area contributed by atoms with E-state index in [1.165, 1.54) is 0 Å². The average molecular weight is 480 g/mol. The van der Waals surface area contributed by atoms with Gasteiger partial charge >= 0.3 is 0 Å². The van der Waals surface area contributed by atoms with E-state index >= 15 is 0 Å². The van der Waals surface area contributed by atoms with Crippen LogP contribution in [0.15, 0.2) is 52.9 Å². The Morgan fingerprint density at radius 1 is 1.00 bits per heavy atom. The summed E-state index contributed by atoms with van der Waals surface area (Å²) in [4.78, 5) is 17.4. The van der Waals surface area contributed by atoms with Crippen LogP contribution < -0.4 is 14.8 Å². The molecule has 0 atom stereocenters. The Labute approximate surface area is 204 Å². The summed E-state index contributed by atoms with van der Waals surface area (Å²) in [6, 6.07) is 15.3. The molecule has 0 bridgehead atoms. The van der Waals surface area contributed by atoms with Crippen molar-refractivity contribution in [2.45, 2.75) is 19.3 Å². The minimum Gasteiger partial charge on any atom is -0.497 e. The summed E-state index contributed by atoms with van der Waals surface area (Å²) in [5.41, 5.74) is 1.68. The summed E-state index contributed by atoms with van der Waals surface area (Å²) < 4.78 is 16.6. The van der Waals surface area contributed by atoms with Gasteiger partial charge in [0.05, 0.1) is 14.2 Å². The summed E-state index contributed by atoms with van der Waals surface area (Å²) in [5.74, 6) is 1.76. The number of anilines is 1. The van der Waals surface area contributed by atoms with E-state index in [9.17, 15) is 4.79 Å². The maximum atomic E-state index is 13.2. The minimum absolute atomic E-state index is 0.0484. The van der Waals surface area contributed by atoms with Crippen molar-refractivity contribution < 1.29 is 18.7 Å². The third kappa shape index (κ3) is 4.30. The number of carbonyl (C=O) groups is 1. The predicted molar refractivity (Wildman–Crippen MR) is 136 cm³/mol. The Kier molecular flexibility index (Phi) is 6.08. The van der Waals surface area contributed by atoms with Crippen molar-refractivity contribution in [2.75, 3.05) is 45.7 Å². The molecule has 0 radical (unpaired) electrons. The molecule has 7 nitrogen and oxygen atoms in total. The number of fused-ring (bicyclic) bond motifs is 1. The molecule has 5 rings (SSSR count). The molecule has 1 N–H and O–H groups in total. The molecule has 2 fully saturated rings. The first-order valence-electron chi connectivity index (χ1n) is 11.6. The second-order valence-electron chi connectivity index (χ2n) is 9.12. The SMILES string of the molecule is COc1cccc(NC(=S)N2CCC3(CCN(C(=O)c4cc5cccc(OC)c5o4)C3)CC2)c1. The van der Waals surface area contributed by atoms with Gasteiger partial charge in [0.15, 0.2) is 22.2 Å². The van der Waals surface area contributed by atoms with Crippen molar-refractivity contribution >= 4 is 39.9 Å². The van der Waals surface area contributed by atoms with Crippen LogP contribution in [0.5, 0.6) is 11.5 Å². The lowest BCUT2D eigenvalue weighted by atomic mass is 9.78. The zero-order valence-electron chi connectivity index (χ0n) is 19.5. The summed E-state index contributed by atoms with van der Waals surface area (Å²) in [6.07, 6.45) is 3.02. The lowest BCUT2D eigenvalue weighted by Gasteiger charge is -2.40. The van der Waals surface area contributed by atoms with Gasteiger partial charge in [-0.05, 0) is 61.2 Å². The molecular weight excluding hydrogens is 450 g/mol. The van der Waals surface area contributed by atoms with Gasteiger partial charge in [0.1, 0.15) is 5.75 Å². The zero-order valence-corrected chi connectivity index (χ0v) is 20.3. The lowest BCUT2D eigenvalue weighted by molar-refractivity contribution is 0.0720. The van der Waals surface area contributed by atoms with Crippen molar-refractivity contribution in [3.63, 3.8) is 0 Å². The van der Waals surface area contributed by atoms with Crippen LogP contribution in [-0.2, 0) is 0 Å². The molecule has 0 aliphatic carbocycles. The van der Waals surface area contributed by atoms with Gasteiger partial charge in [-0.1, -0.05) is 18.2 Å². The van der Waals surface area contributed by atoms with E-state index in [1.54, 1.807) is 14.2 Å². The summed E-state index contributed by atoms with van der Waals surface area (Å²) in [7, 11) is 3.26. The van der Waals surface area contributed by atoms with Gasteiger partial charge in [0, 0.05) is 43.3 Å². The van der Waals surface area contributed by atoms with E-state index in [4.69, 9.17) is 26.1 Å².